The Kier molecular flexibility index (Phi) is 5.16. The predicted molar refractivity (Wildman–Crippen MR) is 98.4 cm³/mol. The van der Waals surface area contributed by atoms with E-state index < -0.39 is 0 Å². The van der Waals surface area contributed by atoms with Crippen LogP contribution in [0.4, 0.5) is 10.5 Å². The number of nitrogens with one attached hydrogen (secondary N) is 3. The summed E-state index contributed by atoms with van der Waals surface area (Å²) in [5.41, 5.74) is 2.00. The van der Waals surface area contributed by atoms with E-state index in [9.17, 15) is 4.79 Å². The maximum absolute atomic E-state index is 11.7. The Morgan fingerprint density at radius 3 is 2.50 bits per heavy atom. The van der Waals surface area contributed by atoms with Crippen LogP contribution in [0, 0.1) is 6.92 Å². The van der Waals surface area contributed by atoms with E-state index >= 15 is 0 Å². The third-order valence-corrected chi connectivity index (χ3v) is 5.19. The third-order valence-electron chi connectivity index (χ3n) is 4.09. The van der Waals surface area contributed by atoms with E-state index in [2.05, 4.69) is 41.7 Å². The molecule has 5 nitrogen and oxygen atoms in total. The zero-order valence-corrected chi connectivity index (χ0v) is 15.1. The molecule has 0 aliphatic heterocycles. The summed E-state index contributed by atoms with van der Waals surface area (Å²) in [7, 11) is 0. The van der Waals surface area contributed by atoms with E-state index in [-0.39, 0.29) is 18.1 Å². The fourth-order valence-corrected chi connectivity index (χ4v) is 3.34. The van der Waals surface area contributed by atoms with Crippen molar-refractivity contribution >= 4 is 23.1 Å². The van der Waals surface area contributed by atoms with E-state index in [1.54, 1.807) is 11.3 Å². The molecule has 2 amide bonds. The normalized spacial score (nSPS) is 16.5. The number of carbonyl (C=O) groups excluding carboxylic acids is 1. The number of anilines is 1. The van der Waals surface area contributed by atoms with Crippen molar-refractivity contribution in [3.8, 4) is 0 Å². The number of carbonyl (C=O) groups is 1. The quantitative estimate of drug-likeness (QED) is 0.737. The molecule has 1 saturated carbocycles. The first-order valence-corrected chi connectivity index (χ1v) is 9.19. The molecular weight excluding hydrogens is 320 g/mol. The Labute approximate surface area is 146 Å². The summed E-state index contributed by atoms with van der Waals surface area (Å²) in [5, 5.41) is 10.5. The smallest absolute Gasteiger partial charge is 0.319 e. The second-order valence-electron chi connectivity index (χ2n) is 6.41. The van der Waals surface area contributed by atoms with E-state index in [1.165, 1.54) is 10.4 Å². The lowest BCUT2D eigenvalue weighted by Gasteiger charge is -2.19. The predicted octanol–water partition coefficient (Wildman–Crippen LogP) is 4.15. The van der Waals surface area contributed by atoms with Gasteiger partial charge in [-0.05, 0) is 51.3 Å². The van der Waals surface area contributed by atoms with E-state index in [1.807, 2.05) is 30.5 Å². The molecule has 6 heteroatoms. The van der Waals surface area contributed by atoms with Gasteiger partial charge in [-0.2, -0.15) is 0 Å². The molecule has 1 aromatic heterocycles. The first-order chi connectivity index (χ1) is 11.5. The highest BCUT2D eigenvalue weighted by molar-refractivity contribution is 7.11. The molecule has 0 bridgehead atoms. The van der Waals surface area contributed by atoms with Crippen LogP contribution in [0.3, 0.4) is 0 Å². The van der Waals surface area contributed by atoms with Gasteiger partial charge in [0.2, 0.25) is 0 Å². The summed E-state index contributed by atoms with van der Waals surface area (Å²) in [6.07, 6.45) is 4.09. The van der Waals surface area contributed by atoms with Crippen molar-refractivity contribution in [2.24, 2.45) is 0 Å². The van der Waals surface area contributed by atoms with Gasteiger partial charge in [0, 0.05) is 28.8 Å². The van der Waals surface area contributed by atoms with Gasteiger partial charge in [-0.15, -0.1) is 11.3 Å². The molecule has 24 heavy (non-hydrogen) atoms. The monoisotopic (exact) mass is 344 g/mol. The Morgan fingerprint density at radius 1 is 1.21 bits per heavy atom. The molecule has 0 spiro atoms. The van der Waals surface area contributed by atoms with Crippen LogP contribution in [-0.2, 0) is 0 Å². The van der Waals surface area contributed by atoms with Crippen LogP contribution in [0.2, 0.25) is 0 Å². The first kappa shape index (κ1) is 16.9. The lowest BCUT2D eigenvalue weighted by atomic mass is 10.1. The molecule has 1 aromatic carbocycles. The van der Waals surface area contributed by atoms with Gasteiger partial charge < -0.3 is 16.0 Å². The molecule has 3 rings (SSSR count). The van der Waals surface area contributed by atoms with Crippen molar-refractivity contribution in [3.63, 3.8) is 0 Å². The van der Waals surface area contributed by atoms with Gasteiger partial charge in [0.15, 0.2) is 0 Å². The number of aryl methyl sites for hydroxylation is 1. The number of hydrogen-bond donors (Lipinski definition) is 3. The van der Waals surface area contributed by atoms with Crippen molar-refractivity contribution in [2.75, 3.05) is 5.32 Å². The number of hydrogen-bond acceptors (Lipinski definition) is 4. The van der Waals surface area contributed by atoms with Crippen molar-refractivity contribution < 1.29 is 4.79 Å². The van der Waals surface area contributed by atoms with Crippen molar-refractivity contribution in [1.82, 2.24) is 15.6 Å². The number of aromatic nitrogens is 1. The molecule has 3 N–H and O–H groups in total. The van der Waals surface area contributed by atoms with E-state index in [0.29, 0.717) is 6.04 Å². The van der Waals surface area contributed by atoms with Crippen LogP contribution in [0.1, 0.15) is 54.2 Å². The molecule has 2 aromatic rings. The fraction of sp³-hybridized carbons (Fsp3) is 0.444. The van der Waals surface area contributed by atoms with Crippen molar-refractivity contribution in [1.29, 1.82) is 0 Å². The topological polar surface area (TPSA) is 66.0 Å². The minimum absolute atomic E-state index is 0.121. The fourth-order valence-electron chi connectivity index (χ4n) is 2.55. The van der Waals surface area contributed by atoms with Gasteiger partial charge in [-0.1, -0.05) is 12.1 Å². The molecule has 1 heterocycles. The zero-order chi connectivity index (χ0) is 17.1. The highest BCUT2D eigenvalue weighted by atomic mass is 32.1. The largest absolute Gasteiger partial charge is 0.335 e. The lowest BCUT2D eigenvalue weighted by molar-refractivity contribution is 0.251. The van der Waals surface area contributed by atoms with Crippen LogP contribution in [0.5, 0.6) is 0 Å². The summed E-state index contributed by atoms with van der Waals surface area (Å²) in [5.74, 6) is 0. The Bertz CT molecular complexity index is 693. The molecule has 1 aliphatic carbocycles. The van der Waals surface area contributed by atoms with Crippen molar-refractivity contribution in [3.05, 3.63) is 45.9 Å². The number of benzene rings is 1. The van der Waals surface area contributed by atoms with Gasteiger partial charge in [-0.25, -0.2) is 9.78 Å². The molecule has 1 fully saturated rings. The summed E-state index contributed by atoms with van der Waals surface area (Å²) in [4.78, 5) is 17.4. The summed E-state index contributed by atoms with van der Waals surface area (Å²) in [6, 6.07) is 8.64. The van der Waals surface area contributed by atoms with Gasteiger partial charge in [-0.3, -0.25) is 0 Å². The zero-order valence-electron chi connectivity index (χ0n) is 14.3. The minimum Gasteiger partial charge on any atom is -0.335 e. The standard InChI is InChI=1S/C18H24N4OS/c1-11-10-19-17(24-11)13(3)20-12(2)14-4-6-15(7-5-14)21-18(23)22-16-8-9-16/h4-7,10,12-13,16,20H,8-9H2,1-3H3,(H2,21,22,23). The number of thiazole rings is 1. The summed E-state index contributed by atoms with van der Waals surface area (Å²) >= 11 is 1.72. The van der Waals surface area contributed by atoms with Crippen LogP contribution in [0.25, 0.3) is 0 Å². The molecular formula is C18H24N4OS. The van der Waals surface area contributed by atoms with E-state index in [0.717, 1.165) is 23.5 Å². The Morgan fingerprint density at radius 2 is 1.92 bits per heavy atom. The van der Waals surface area contributed by atoms with Crippen LogP contribution in [0.15, 0.2) is 30.5 Å². The van der Waals surface area contributed by atoms with E-state index in [4.69, 9.17) is 0 Å². The second-order valence-corrected chi connectivity index (χ2v) is 7.68. The maximum Gasteiger partial charge on any atom is 0.319 e. The maximum atomic E-state index is 11.7. The first-order valence-electron chi connectivity index (χ1n) is 8.37. The van der Waals surface area contributed by atoms with Crippen molar-refractivity contribution in [2.45, 2.75) is 51.7 Å². The summed E-state index contributed by atoms with van der Waals surface area (Å²) < 4.78 is 0. The van der Waals surface area contributed by atoms with Crippen LogP contribution in [-0.4, -0.2) is 17.1 Å². The molecule has 2 unspecified atom stereocenters. The highest BCUT2D eigenvalue weighted by Gasteiger charge is 2.23. The average molecular weight is 344 g/mol. The SMILES string of the molecule is Cc1cnc(C(C)NC(C)c2ccc(NC(=O)NC3CC3)cc2)s1. The highest BCUT2D eigenvalue weighted by Crippen LogP contribution is 2.24. The van der Waals surface area contributed by atoms with Gasteiger partial charge in [0.05, 0.1) is 6.04 Å². The molecule has 1 aliphatic rings. The Hall–Kier alpha value is -1.92. The number of amides is 2. The molecule has 128 valence electrons. The molecule has 0 radical (unpaired) electrons. The minimum atomic E-state index is -0.121. The third kappa shape index (κ3) is 4.55. The Balaban J connectivity index is 1.54. The number of nitrogens with zero attached hydrogens (tertiary/aromatic N) is 1. The van der Waals surface area contributed by atoms with Crippen LogP contribution >= 0.6 is 11.3 Å². The molecule has 0 saturated heterocycles. The van der Waals surface area contributed by atoms with Gasteiger partial charge >= 0.3 is 6.03 Å². The summed E-state index contributed by atoms with van der Waals surface area (Å²) in [6.45, 7) is 6.34. The van der Waals surface area contributed by atoms with Gasteiger partial charge in [0.1, 0.15) is 5.01 Å². The second kappa shape index (κ2) is 7.32. The average Bonchev–Trinajstić information content (AvgIpc) is 3.25. The molecule has 2 atom stereocenters. The number of rotatable bonds is 6. The lowest BCUT2D eigenvalue weighted by Crippen LogP contribution is -2.30. The van der Waals surface area contributed by atoms with Gasteiger partial charge in [0.25, 0.3) is 0 Å². The van der Waals surface area contributed by atoms with Crippen LogP contribution < -0.4 is 16.0 Å². The number of urea groups is 1.